The number of carbonyl (C=O) groups is 2. The average molecular weight is 331 g/mol. The van der Waals surface area contributed by atoms with Crippen LogP contribution in [0.3, 0.4) is 0 Å². The van der Waals surface area contributed by atoms with Gasteiger partial charge in [0, 0.05) is 16.9 Å². The summed E-state index contributed by atoms with van der Waals surface area (Å²) in [6.07, 6.45) is 0.951. The van der Waals surface area contributed by atoms with Gasteiger partial charge in [-0.15, -0.1) is 0 Å². The minimum Gasteiger partial charge on any atom is -0.304 e. The highest BCUT2D eigenvalue weighted by atomic mass is 79.9. The molecule has 1 heterocycles. The highest BCUT2D eigenvalue weighted by molar-refractivity contribution is 9.09. The molecular weight excluding hydrogens is 318 g/mol. The fourth-order valence-electron chi connectivity index (χ4n) is 2.00. The van der Waals surface area contributed by atoms with Gasteiger partial charge >= 0.3 is 0 Å². The van der Waals surface area contributed by atoms with Crippen LogP contribution in [0.2, 0.25) is 5.02 Å². The van der Waals surface area contributed by atoms with Crippen LogP contribution in [0.4, 0.5) is 5.69 Å². The number of hydrogen-bond donors (Lipinski definition) is 0. The number of alkyl halides is 1. The lowest BCUT2D eigenvalue weighted by atomic mass is 10.1. The van der Waals surface area contributed by atoms with Gasteiger partial charge in [-0.25, -0.2) is 0 Å². The monoisotopic (exact) mass is 329 g/mol. The number of anilines is 1. The van der Waals surface area contributed by atoms with Crippen LogP contribution in [0.25, 0.3) is 0 Å². The minimum absolute atomic E-state index is 0.336. The van der Waals surface area contributed by atoms with Crippen molar-refractivity contribution in [3.8, 4) is 0 Å². The predicted molar refractivity (Wildman–Crippen MR) is 75.7 cm³/mol. The number of fused-ring (bicyclic) bond motifs is 1. The number of rotatable bonds is 4. The first kappa shape index (κ1) is 13.6. The third-order valence-electron chi connectivity index (χ3n) is 3.17. The van der Waals surface area contributed by atoms with Crippen molar-refractivity contribution in [1.82, 2.24) is 0 Å². The summed E-state index contributed by atoms with van der Waals surface area (Å²) < 4.78 is 0. The molecule has 0 spiro atoms. The Labute approximate surface area is 119 Å². The van der Waals surface area contributed by atoms with Gasteiger partial charge in [0.05, 0.1) is 11.3 Å². The number of Topliss-reactive ketones (excluding diaryl/α,β-unsaturated/α-hetero) is 1. The molecule has 2 rings (SSSR count). The zero-order chi connectivity index (χ0) is 13.3. The lowest BCUT2D eigenvalue weighted by Gasteiger charge is -2.21. The Morgan fingerprint density at radius 3 is 2.72 bits per heavy atom. The van der Waals surface area contributed by atoms with Gasteiger partial charge in [-0.05, 0) is 24.1 Å². The third-order valence-corrected chi connectivity index (χ3v) is 4.32. The lowest BCUT2D eigenvalue weighted by molar-refractivity contribution is -0.114. The van der Waals surface area contributed by atoms with Crippen molar-refractivity contribution < 1.29 is 9.59 Å². The summed E-state index contributed by atoms with van der Waals surface area (Å²) in [7, 11) is 0. The van der Waals surface area contributed by atoms with Crippen LogP contribution in [-0.4, -0.2) is 23.6 Å². The summed E-state index contributed by atoms with van der Waals surface area (Å²) in [5.74, 6) is -0.577. The molecule has 0 fully saturated rings. The van der Waals surface area contributed by atoms with E-state index >= 15 is 0 Å². The molecule has 18 heavy (non-hydrogen) atoms. The second kappa shape index (κ2) is 5.41. The normalized spacial score (nSPS) is 16.1. The fourth-order valence-corrected chi connectivity index (χ4v) is 2.83. The Bertz CT molecular complexity index is 500. The molecule has 0 aliphatic carbocycles. The fraction of sp³-hybridized carbons (Fsp3) is 0.385. The molecule has 1 aliphatic heterocycles. The van der Waals surface area contributed by atoms with Crippen molar-refractivity contribution in [2.24, 2.45) is 5.92 Å². The molecule has 0 N–H and O–H groups in total. The van der Waals surface area contributed by atoms with Gasteiger partial charge in [0.2, 0.25) is 0 Å². The van der Waals surface area contributed by atoms with E-state index in [0.29, 0.717) is 28.7 Å². The van der Waals surface area contributed by atoms with Crippen LogP contribution in [0.15, 0.2) is 18.2 Å². The van der Waals surface area contributed by atoms with Crippen LogP contribution in [0, 0.1) is 5.92 Å². The molecule has 1 aromatic carbocycles. The Hall–Kier alpha value is -0.870. The van der Waals surface area contributed by atoms with Crippen LogP contribution >= 0.6 is 27.5 Å². The summed E-state index contributed by atoms with van der Waals surface area (Å²) in [5, 5.41) is 1.29. The Morgan fingerprint density at radius 2 is 2.11 bits per heavy atom. The number of hydrogen-bond acceptors (Lipinski definition) is 2. The van der Waals surface area contributed by atoms with E-state index < -0.39 is 11.7 Å². The molecule has 0 saturated heterocycles. The molecule has 1 aliphatic rings. The van der Waals surface area contributed by atoms with Crippen molar-refractivity contribution in [3.05, 3.63) is 28.8 Å². The van der Waals surface area contributed by atoms with Gasteiger partial charge < -0.3 is 4.90 Å². The second-order valence-corrected chi connectivity index (χ2v) is 5.42. The predicted octanol–water partition coefficient (Wildman–Crippen LogP) is 3.29. The van der Waals surface area contributed by atoms with E-state index in [4.69, 9.17) is 11.6 Å². The largest absolute Gasteiger partial charge is 0.304 e. The third kappa shape index (κ3) is 2.31. The Balaban J connectivity index is 2.34. The Kier molecular flexibility index (Phi) is 4.07. The Morgan fingerprint density at radius 1 is 1.39 bits per heavy atom. The molecule has 1 unspecified atom stereocenters. The molecule has 1 amide bonds. The molecule has 96 valence electrons. The maximum absolute atomic E-state index is 12.0. The molecule has 1 aromatic rings. The van der Waals surface area contributed by atoms with Crippen molar-refractivity contribution >= 4 is 44.9 Å². The zero-order valence-corrected chi connectivity index (χ0v) is 12.3. The van der Waals surface area contributed by atoms with E-state index in [-0.39, 0.29) is 0 Å². The van der Waals surface area contributed by atoms with Crippen LogP contribution in [0.1, 0.15) is 23.7 Å². The van der Waals surface area contributed by atoms with E-state index in [2.05, 4.69) is 22.9 Å². The van der Waals surface area contributed by atoms with Crippen LogP contribution in [0.5, 0.6) is 0 Å². The summed E-state index contributed by atoms with van der Waals surface area (Å²) in [6.45, 7) is 2.62. The van der Waals surface area contributed by atoms with Crippen molar-refractivity contribution in [2.45, 2.75) is 13.3 Å². The summed E-state index contributed by atoms with van der Waals surface area (Å²) in [4.78, 5) is 25.4. The maximum Gasteiger partial charge on any atom is 0.299 e. The van der Waals surface area contributed by atoms with Gasteiger partial charge in [0.25, 0.3) is 11.7 Å². The standard InChI is InChI=1S/C13H13BrClNO2/c1-2-8(6-14)7-16-11-4-3-9(15)5-10(11)12(17)13(16)18/h3-5,8H,2,6-7H2,1H3. The topological polar surface area (TPSA) is 37.4 Å². The zero-order valence-electron chi connectivity index (χ0n) is 9.95. The first-order chi connectivity index (χ1) is 8.58. The van der Waals surface area contributed by atoms with Gasteiger partial charge in [0.15, 0.2) is 0 Å². The van der Waals surface area contributed by atoms with Crippen molar-refractivity contribution in [1.29, 1.82) is 0 Å². The first-order valence-electron chi connectivity index (χ1n) is 5.80. The molecule has 0 bridgehead atoms. The van der Waals surface area contributed by atoms with Crippen LogP contribution < -0.4 is 4.90 Å². The van der Waals surface area contributed by atoms with E-state index in [9.17, 15) is 9.59 Å². The van der Waals surface area contributed by atoms with Gasteiger partial charge in [-0.1, -0.05) is 40.9 Å². The SMILES string of the molecule is CCC(CBr)CN1C(=O)C(=O)c2cc(Cl)ccc21. The van der Waals surface area contributed by atoms with E-state index in [0.717, 1.165) is 11.8 Å². The van der Waals surface area contributed by atoms with Gasteiger partial charge in [0.1, 0.15) is 0 Å². The van der Waals surface area contributed by atoms with E-state index in [1.165, 1.54) is 0 Å². The van der Waals surface area contributed by atoms with Gasteiger partial charge in [-0.2, -0.15) is 0 Å². The number of carbonyl (C=O) groups excluding carboxylic acids is 2. The molecule has 0 radical (unpaired) electrons. The number of nitrogens with zero attached hydrogens (tertiary/aromatic N) is 1. The molecule has 1 atom stereocenters. The van der Waals surface area contributed by atoms with Crippen molar-refractivity contribution in [2.75, 3.05) is 16.8 Å². The molecule has 3 nitrogen and oxygen atoms in total. The highest BCUT2D eigenvalue weighted by Crippen LogP contribution is 2.32. The van der Waals surface area contributed by atoms with Crippen molar-refractivity contribution in [3.63, 3.8) is 0 Å². The number of ketones is 1. The van der Waals surface area contributed by atoms with E-state index in [1.807, 2.05) is 0 Å². The highest BCUT2D eigenvalue weighted by Gasteiger charge is 2.36. The summed E-state index contributed by atoms with van der Waals surface area (Å²) in [5.41, 5.74) is 1.09. The molecular formula is C13H13BrClNO2. The smallest absolute Gasteiger partial charge is 0.299 e. The number of halogens is 2. The quantitative estimate of drug-likeness (QED) is 0.627. The molecule has 0 saturated carbocycles. The lowest BCUT2D eigenvalue weighted by Crippen LogP contribution is -2.34. The summed E-state index contributed by atoms with van der Waals surface area (Å²) in [6, 6.07) is 5.00. The molecule has 0 aromatic heterocycles. The first-order valence-corrected chi connectivity index (χ1v) is 7.30. The van der Waals surface area contributed by atoms with E-state index in [1.54, 1.807) is 23.1 Å². The average Bonchev–Trinajstić information content (AvgIpc) is 2.60. The van der Waals surface area contributed by atoms with Crippen LogP contribution in [-0.2, 0) is 4.79 Å². The summed E-state index contributed by atoms with van der Waals surface area (Å²) >= 11 is 9.28. The maximum atomic E-state index is 12.0. The second-order valence-electron chi connectivity index (χ2n) is 4.33. The number of amides is 1. The van der Waals surface area contributed by atoms with Gasteiger partial charge in [-0.3, -0.25) is 9.59 Å². The molecule has 5 heteroatoms. The number of benzene rings is 1. The minimum atomic E-state index is -0.461.